The Kier molecular flexibility index (Phi) is 8.41. The second kappa shape index (κ2) is 11.6. The van der Waals surface area contributed by atoms with E-state index in [0.29, 0.717) is 35.3 Å². The fourth-order valence-corrected chi connectivity index (χ4v) is 4.28. The number of aromatic nitrogens is 2. The van der Waals surface area contributed by atoms with E-state index >= 15 is 0 Å². The predicted molar refractivity (Wildman–Crippen MR) is 144 cm³/mol. The molecule has 0 saturated heterocycles. The average molecular weight is 549 g/mol. The van der Waals surface area contributed by atoms with Crippen molar-refractivity contribution in [1.82, 2.24) is 15.3 Å². The van der Waals surface area contributed by atoms with Crippen LogP contribution in [0.3, 0.4) is 0 Å². The minimum absolute atomic E-state index is 0.0152. The second-order valence-corrected chi connectivity index (χ2v) is 10.6. The van der Waals surface area contributed by atoms with Crippen LogP contribution in [0.5, 0.6) is 5.75 Å². The van der Waals surface area contributed by atoms with Gasteiger partial charge in [0.25, 0.3) is 0 Å². The number of ether oxygens (including phenoxy) is 1. The molecule has 0 aliphatic heterocycles. The zero-order chi connectivity index (χ0) is 27.4. The average Bonchev–Trinajstić information content (AvgIpc) is 3.71. The van der Waals surface area contributed by atoms with E-state index in [1.165, 1.54) is 26.2 Å². The Labute approximate surface area is 222 Å². The summed E-state index contributed by atoms with van der Waals surface area (Å²) in [5, 5.41) is 9.22. The van der Waals surface area contributed by atoms with E-state index in [4.69, 9.17) is 4.74 Å². The third-order valence-corrected chi connectivity index (χ3v) is 7.16. The van der Waals surface area contributed by atoms with Crippen LogP contribution in [0.25, 0.3) is 0 Å². The van der Waals surface area contributed by atoms with Crippen molar-refractivity contribution in [3.8, 4) is 5.75 Å². The summed E-state index contributed by atoms with van der Waals surface area (Å²) in [5.41, 5.74) is 2.83. The van der Waals surface area contributed by atoms with Crippen LogP contribution in [0.4, 0.5) is 36.3 Å². The van der Waals surface area contributed by atoms with Gasteiger partial charge in [-0.25, -0.2) is 9.19 Å². The van der Waals surface area contributed by atoms with Gasteiger partial charge >= 0.3 is 6.18 Å². The van der Waals surface area contributed by atoms with E-state index in [1.807, 2.05) is 31.2 Å². The number of aryl methyl sites for hydroxylation is 1. The molecule has 1 aliphatic rings. The molecule has 0 bridgehead atoms. The molecule has 1 unspecified atom stereocenters. The molecule has 0 amide bonds. The minimum Gasteiger partial charge on any atom is -0.495 e. The Morgan fingerprint density at radius 1 is 1.16 bits per heavy atom. The van der Waals surface area contributed by atoms with Gasteiger partial charge in [-0.15, -0.1) is 0 Å². The third-order valence-electron chi connectivity index (χ3n) is 6.19. The SMILES string of the molecule is COc1cc(CNC2CC2)ccc1Nc1ncc(C(F)(F)F)c(NCc2ccc(C)cc2N(C)S(C)=O)n1. The zero-order valence-corrected chi connectivity index (χ0v) is 22.5. The molecular formula is C26H31F3N6O2S. The molecule has 1 saturated carbocycles. The minimum atomic E-state index is -4.66. The molecular weight excluding hydrogens is 517 g/mol. The van der Waals surface area contributed by atoms with Crippen molar-refractivity contribution in [1.29, 1.82) is 0 Å². The lowest BCUT2D eigenvalue weighted by molar-refractivity contribution is -0.137. The molecule has 2 aromatic carbocycles. The van der Waals surface area contributed by atoms with Gasteiger partial charge in [0.1, 0.15) is 28.1 Å². The zero-order valence-electron chi connectivity index (χ0n) is 21.6. The number of alkyl halides is 3. The third kappa shape index (κ3) is 6.93. The Balaban J connectivity index is 1.58. The van der Waals surface area contributed by atoms with Gasteiger partial charge in [-0.2, -0.15) is 18.2 Å². The molecule has 0 radical (unpaired) electrons. The summed E-state index contributed by atoms with van der Waals surface area (Å²) >= 11 is 0. The Hall–Kier alpha value is -3.38. The standard InChI is InChI=1S/C26H31F3N6O2S/c1-16-5-7-18(22(11-16)35(2)38(4)36)14-31-24-20(26(27,28)29)15-32-25(34-24)33-21-10-6-17(12-23(21)37-3)13-30-19-8-9-19/h5-7,10-12,15,19,30H,8-9,13-14H2,1-4H3,(H2,31,32,33,34). The van der Waals surface area contributed by atoms with Gasteiger partial charge in [0.05, 0.1) is 18.5 Å². The van der Waals surface area contributed by atoms with Crippen molar-refractivity contribution in [2.45, 2.75) is 45.1 Å². The molecule has 38 heavy (non-hydrogen) atoms. The van der Waals surface area contributed by atoms with E-state index in [2.05, 4.69) is 25.9 Å². The largest absolute Gasteiger partial charge is 0.495 e. The summed E-state index contributed by atoms with van der Waals surface area (Å²) in [6, 6.07) is 11.6. The Morgan fingerprint density at radius 3 is 2.58 bits per heavy atom. The summed E-state index contributed by atoms with van der Waals surface area (Å²) in [7, 11) is 1.89. The quantitative estimate of drug-likeness (QED) is 0.305. The molecule has 1 heterocycles. The smallest absolute Gasteiger partial charge is 0.421 e. The van der Waals surface area contributed by atoms with Crippen LogP contribution in [0, 0.1) is 6.92 Å². The highest BCUT2D eigenvalue weighted by Gasteiger charge is 2.35. The van der Waals surface area contributed by atoms with Gasteiger partial charge in [0.15, 0.2) is 0 Å². The molecule has 0 spiro atoms. The topological polar surface area (TPSA) is 91.4 Å². The fourth-order valence-electron chi connectivity index (χ4n) is 3.84. The number of rotatable bonds is 11. The van der Waals surface area contributed by atoms with Gasteiger partial charge in [0.2, 0.25) is 5.95 Å². The maximum Gasteiger partial charge on any atom is 0.421 e. The Morgan fingerprint density at radius 2 is 1.92 bits per heavy atom. The van der Waals surface area contributed by atoms with Gasteiger partial charge < -0.3 is 20.7 Å². The van der Waals surface area contributed by atoms with Crippen LogP contribution in [-0.2, 0) is 30.3 Å². The monoisotopic (exact) mass is 548 g/mol. The van der Waals surface area contributed by atoms with E-state index in [-0.39, 0.29) is 18.3 Å². The van der Waals surface area contributed by atoms with Gasteiger partial charge in [-0.05, 0) is 54.7 Å². The number of benzene rings is 2. The van der Waals surface area contributed by atoms with Gasteiger partial charge in [0, 0.05) is 38.6 Å². The predicted octanol–water partition coefficient (Wildman–Crippen LogP) is 5.15. The molecule has 4 rings (SSSR count). The fraction of sp³-hybridized carbons (Fsp3) is 0.385. The highest BCUT2D eigenvalue weighted by Crippen LogP contribution is 2.35. The summed E-state index contributed by atoms with van der Waals surface area (Å²) in [6.45, 7) is 2.62. The van der Waals surface area contributed by atoms with Crippen molar-refractivity contribution in [2.75, 3.05) is 35.4 Å². The van der Waals surface area contributed by atoms with Crippen molar-refractivity contribution < 1.29 is 22.1 Å². The highest BCUT2D eigenvalue weighted by atomic mass is 32.2. The Bertz CT molecular complexity index is 1320. The van der Waals surface area contributed by atoms with Gasteiger partial charge in [-0.3, -0.25) is 4.31 Å². The van der Waals surface area contributed by atoms with E-state index in [1.54, 1.807) is 23.5 Å². The number of methoxy groups -OCH3 is 1. The molecule has 8 nitrogen and oxygen atoms in total. The molecule has 204 valence electrons. The lowest BCUT2D eigenvalue weighted by Gasteiger charge is -2.21. The normalized spacial score (nSPS) is 14.2. The lowest BCUT2D eigenvalue weighted by Crippen LogP contribution is -2.21. The first kappa shape index (κ1) is 27.6. The first-order chi connectivity index (χ1) is 18.0. The molecule has 12 heteroatoms. The number of hydrogen-bond acceptors (Lipinski definition) is 7. The maximum absolute atomic E-state index is 13.8. The molecule has 1 fully saturated rings. The van der Waals surface area contributed by atoms with Crippen molar-refractivity contribution in [3.63, 3.8) is 0 Å². The first-order valence-corrected chi connectivity index (χ1v) is 13.6. The van der Waals surface area contributed by atoms with Crippen molar-refractivity contribution >= 4 is 34.1 Å². The number of hydrogen-bond donors (Lipinski definition) is 3. The van der Waals surface area contributed by atoms with Crippen molar-refractivity contribution in [2.24, 2.45) is 0 Å². The molecule has 1 aromatic heterocycles. The summed E-state index contributed by atoms with van der Waals surface area (Å²) in [4.78, 5) is 8.05. The summed E-state index contributed by atoms with van der Waals surface area (Å²) < 4.78 is 60.5. The lowest BCUT2D eigenvalue weighted by atomic mass is 10.1. The number of anilines is 4. The van der Waals surface area contributed by atoms with Crippen LogP contribution in [-0.4, -0.2) is 40.6 Å². The first-order valence-electron chi connectivity index (χ1n) is 12.1. The van der Waals surface area contributed by atoms with Crippen LogP contribution in [0.15, 0.2) is 42.6 Å². The van der Waals surface area contributed by atoms with Crippen LogP contribution >= 0.6 is 0 Å². The van der Waals surface area contributed by atoms with Crippen LogP contribution in [0.1, 0.15) is 35.1 Å². The molecule has 3 N–H and O–H groups in total. The maximum atomic E-state index is 13.8. The van der Waals surface area contributed by atoms with E-state index in [9.17, 15) is 17.4 Å². The highest BCUT2D eigenvalue weighted by molar-refractivity contribution is 7.85. The number of nitrogens with one attached hydrogen (secondary N) is 3. The molecule has 3 aromatic rings. The van der Waals surface area contributed by atoms with E-state index in [0.717, 1.165) is 17.3 Å². The van der Waals surface area contributed by atoms with Crippen LogP contribution < -0.4 is 25.0 Å². The second-order valence-electron chi connectivity index (χ2n) is 9.18. The van der Waals surface area contributed by atoms with E-state index < -0.39 is 22.7 Å². The van der Waals surface area contributed by atoms with Gasteiger partial charge in [-0.1, -0.05) is 18.2 Å². The van der Waals surface area contributed by atoms with Crippen LogP contribution in [0.2, 0.25) is 0 Å². The number of nitrogens with zero attached hydrogens (tertiary/aromatic N) is 3. The summed E-state index contributed by atoms with van der Waals surface area (Å²) in [5.74, 6) is 0.141. The molecule has 1 aliphatic carbocycles. The number of halogens is 3. The molecule has 1 atom stereocenters. The summed E-state index contributed by atoms with van der Waals surface area (Å²) in [6.07, 6.45) is -0.0150. The van der Waals surface area contributed by atoms with Crippen molar-refractivity contribution in [3.05, 3.63) is 64.8 Å².